The summed E-state index contributed by atoms with van der Waals surface area (Å²) in [6.45, 7) is 3.67. The highest BCUT2D eigenvalue weighted by atomic mass is 32.2. The van der Waals surface area contributed by atoms with Gasteiger partial charge in [-0.2, -0.15) is 4.31 Å². The van der Waals surface area contributed by atoms with Crippen LogP contribution in [-0.2, 0) is 27.8 Å². The van der Waals surface area contributed by atoms with Gasteiger partial charge in [0.15, 0.2) is 0 Å². The lowest BCUT2D eigenvalue weighted by molar-refractivity contribution is 0.0877. The van der Waals surface area contributed by atoms with Gasteiger partial charge in [0.25, 0.3) is 5.91 Å². The Bertz CT molecular complexity index is 1790. The van der Waals surface area contributed by atoms with Crippen molar-refractivity contribution in [3.63, 3.8) is 0 Å². The third kappa shape index (κ3) is 9.07. The molecule has 47 heavy (non-hydrogen) atoms. The van der Waals surface area contributed by atoms with Crippen molar-refractivity contribution in [2.45, 2.75) is 45.4 Å². The number of benzene rings is 1. The van der Waals surface area contributed by atoms with Crippen LogP contribution in [0.5, 0.6) is 0 Å². The molecule has 0 bridgehead atoms. The number of aliphatic hydroxyl groups is 1. The minimum atomic E-state index is -4.07. The molecule has 2 atom stereocenters. The van der Waals surface area contributed by atoms with E-state index in [0.717, 1.165) is 10.4 Å². The van der Waals surface area contributed by atoms with Gasteiger partial charge in [-0.1, -0.05) is 50.3 Å². The van der Waals surface area contributed by atoms with Crippen LogP contribution < -0.4 is 10.6 Å². The first-order valence-corrected chi connectivity index (χ1v) is 17.3. The van der Waals surface area contributed by atoms with Crippen molar-refractivity contribution in [3.8, 4) is 0 Å². The lowest BCUT2D eigenvalue weighted by Crippen LogP contribution is -2.51. The molecule has 246 valence electrons. The van der Waals surface area contributed by atoms with E-state index in [2.05, 4.69) is 25.6 Å². The Kier molecular flexibility index (Phi) is 11.1. The van der Waals surface area contributed by atoms with E-state index < -0.39 is 28.3 Å². The molecule has 2 aromatic heterocycles. The molecular formula is C33H36N6O6S2. The Balaban J connectivity index is 1.29. The van der Waals surface area contributed by atoms with Gasteiger partial charge in [0.05, 0.1) is 38.7 Å². The normalized spacial score (nSPS) is 15.6. The van der Waals surface area contributed by atoms with E-state index in [0.29, 0.717) is 22.7 Å². The van der Waals surface area contributed by atoms with Crippen LogP contribution in [0.15, 0.2) is 106 Å². The highest BCUT2D eigenvalue weighted by molar-refractivity contribution is 7.93. The zero-order valence-corrected chi connectivity index (χ0v) is 27.6. The summed E-state index contributed by atoms with van der Waals surface area (Å²) in [6, 6.07) is 11.7. The van der Waals surface area contributed by atoms with E-state index in [4.69, 9.17) is 4.74 Å². The molecule has 2 unspecified atom stereocenters. The van der Waals surface area contributed by atoms with E-state index in [9.17, 15) is 23.1 Å². The minimum Gasteiger partial charge on any atom is -0.444 e. The van der Waals surface area contributed by atoms with Crippen LogP contribution in [0.1, 0.15) is 41.1 Å². The average molecular weight is 677 g/mol. The number of ether oxygens (including phenoxy) is 1. The minimum absolute atomic E-state index is 0.0111. The highest BCUT2D eigenvalue weighted by Gasteiger charge is 2.35. The molecule has 0 spiro atoms. The van der Waals surface area contributed by atoms with E-state index in [-0.39, 0.29) is 49.3 Å². The van der Waals surface area contributed by atoms with Crippen molar-refractivity contribution in [2.24, 2.45) is 10.9 Å². The maximum atomic E-state index is 14.1. The second-order valence-corrected chi connectivity index (χ2v) is 14.4. The number of thiazole rings is 1. The number of rotatable bonds is 14. The van der Waals surface area contributed by atoms with Crippen LogP contribution in [0, 0.1) is 5.92 Å². The quantitative estimate of drug-likeness (QED) is 0.231. The smallest absolute Gasteiger partial charge is 0.407 e. The van der Waals surface area contributed by atoms with Crippen molar-refractivity contribution in [1.82, 2.24) is 24.9 Å². The number of aromatic nitrogens is 2. The molecule has 0 saturated carbocycles. The number of nitrogens with zero attached hydrogens (tertiary/aromatic N) is 4. The predicted octanol–water partition coefficient (Wildman–Crippen LogP) is 3.96. The number of nitrogens with one attached hydrogen (secondary N) is 2. The van der Waals surface area contributed by atoms with Crippen molar-refractivity contribution in [3.05, 3.63) is 117 Å². The summed E-state index contributed by atoms with van der Waals surface area (Å²) in [7, 11) is -4.07. The number of amides is 2. The van der Waals surface area contributed by atoms with Gasteiger partial charge in [-0.15, -0.1) is 11.3 Å². The summed E-state index contributed by atoms with van der Waals surface area (Å²) in [5.74, 6) is -0.132. The van der Waals surface area contributed by atoms with Crippen molar-refractivity contribution in [1.29, 1.82) is 0 Å². The molecule has 5 rings (SSSR count). The number of sulfonamides is 1. The van der Waals surface area contributed by atoms with Gasteiger partial charge in [-0.05, 0) is 42.2 Å². The van der Waals surface area contributed by atoms with Gasteiger partial charge in [0, 0.05) is 43.7 Å². The topological polar surface area (TPSA) is 163 Å². The van der Waals surface area contributed by atoms with Gasteiger partial charge < -0.3 is 20.5 Å². The number of hydrogen-bond donors (Lipinski definition) is 3. The van der Waals surface area contributed by atoms with Crippen LogP contribution in [0.25, 0.3) is 0 Å². The molecular weight excluding hydrogens is 641 g/mol. The lowest BCUT2D eigenvalue weighted by Gasteiger charge is -2.31. The fraction of sp³-hybridized carbons (Fsp3) is 0.303. The standard InChI is InChI=1S/C33H36N6O6S2/c1-22(2)18-39(19-30(40)29(13-23-7-4-3-5-8-23)37-33(42)45-20-26-17-35-21-46-26)47(43,44)27-11-10-24-14-31(36-28(24)15-27)38-32(41)25-9-6-12-34-16-25/h3-12,14,16-17,21-22,29-30,40H,13,15,18-20H2,1-2H3,(H,37,42)(H,38,41). The molecule has 1 aliphatic carbocycles. The fourth-order valence-electron chi connectivity index (χ4n) is 5.07. The number of carbonyl (C=O) groups is 2. The number of carbonyl (C=O) groups excluding carboxylic acids is 2. The number of aliphatic hydroxyl groups excluding tert-OH is 1. The SMILES string of the molecule is CC(C)CN(CC(O)C(Cc1ccccc1)NC(=O)OCc1cncs1)S(=O)(=O)C1=CC=C2C=C(NC(=O)c3cccnc3)N=C2C1. The monoisotopic (exact) mass is 676 g/mol. The number of hydrogen-bond acceptors (Lipinski definition) is 10. The Morgan fingerprint density at radius 1 is 1.06 bits per heavy atom. The van der Waals surface area contributed by atoms with Gasteiger partial charge >= 0.3 is 6.09 Å². The van der Waals surface area contributed by atoms with Crippen LogP contribution in [-0.4, -0.2) is 70.7 Å². The number of aliphatic imine (C=N–C) groups is 1. The van der Waals surface area contributed by atoms with Crippen molar-refractivity contribution in [2.75, 3.05) is 13.1 Å². The summed E-state index contributed by atoms with van der Waals surface area (Å²) in [5.41, 5.74) is 4.06. The molecule has 3 N–H and O–H groups in total. The summed E-state index contributed by atoms with van der Waals surface area (Å²) in [6.07, 6.45) is 7.75. The number of allylic oxidation sites excluding steroid dienone is 5. The van der Waals surface area contributed by atoms with Gasteiger partial charge in [0.2, 0.25) is 10.0 Å². The van der Waals surface area contributed by atoms with Gasteiger partial charge in [-0.3, -0.25) is 14.8 Å². The zero-order chi connectivity index (χ0) is 33.4. The summed E-state index contributed by atoms with van der Waals surface area (Å²) >= 11 is 1.35. The van der Waals surface area contributed by atoms with Gasteiger partial charge in [-0.25, -0.2) is 18.2 Å². The summed E-state index contributed by atoms with van der Waals surface area (Å²) < 4.78 is 34.8. The van der Waals surface area contributed by atoms with Crippen LogP contribution in [0.2, 0.25) is 0 Å². The third-order valence-corrected chi connectivity index (χ3v) is 10.0. The molecule has 2 aliphatic rings. The van der Waals surface area contributed by atoms with Crippen LogP contribution >= 0.6 is 11.3 Å². The molecule has 0 radical (unpaired) electrons. The van der Waals surface area contributed by atoms with Crippen molar-refractivity contribution >= 4 is 39.1 Å². The Hall–Kier alpha value is -4.50. The van der Waals surface area contributed by atoms with Gasteiger partial charge in [0.1, 0.15) is 12.4 Å². The summed E-state index contributed by atoms with van der Waals surface area (Å²) in [4.78, 5) is 38.7. The maximum Gasteiger partial charge on any atom is 0.407 e. The molecule has 14 heteroatoms. The first-order chi connectivity index (χ1) is 22.6. The number of alkyl carbamates (subject to hydrolysis) is 1. The second-order valence-electron chi connectivity index (χ2n) is 11.5. The van der Waals surface area contributed by atoms with E-state index in [1.54, 1.807) is 42.2 Å². The van der Waals surface area contributed by atoms with Crippen LogP contribution in [0.3, 0.4) is 0 Å². The molecule has 0 fully saturated rings. The first kappa shape index (κ1) is 33.9. The average Bonchev–Trinajstić information content (AvgIpc) is 3.73. The lowest BCUT2D eigenvalue weighted by atomic mass is 10.0. The maximum absolute atomic E-state index is 14.1. The Morgan fingerprint density at radius 2 is 1.87 bits per heavy atom. The molecule has 0 saturated heterocycles. The largest absolute Gasteiger partial charge is 0.444 e. The molecule has 3 heterocycles. The fourth-order valence-corrected chi connectivity index (χ4v) is 7.31. The Morgan fingerprint density at radius 3 is 2.57 bits per heavy atom. The third-order valence-electron chi connectivity index (χ3n) is 7.36. The Labute approximate surface area is 277 Å². The first-order valence-electron chi connectivity index (χ1n) is 15.0. The number of pyridine rings is 1. The van der Waals surface area contributed by atoms with E-state index in [1.807, 2.05) is 44.2 Å². The highest BCUT2D eigenvalue weighted by Crippen LogP contribution is 2.29. The zero-order valence-electron chi connectivity index (χ0n) is 25.9. The number of fused-ring (bicyclic) bond motifs is 1. The van der Waals surface area contributed by atoms with E-state index in [1.165, 1.54) is 27.9 Å². The van der Waals surface area contributed by atoms with Crippen molar-refractivity contribution < 1.29 is 27.9 Å². The van der Waals surface area contributed by atoms with E-state index >= 15 is 0 Å². The molecule has 1 aliphatic heterocycles. The predicted molar refractivity (Wildman–Crippen MR) is 179 cm³/mol. The molecule has 12 nitrogen and oxygen atoms in total. The second kappa shape index (κ2) is 15.4. The van der Waals surface area contributed by atoms with Crippen LogP contribution in [0.4, 0.5) is 4.79 Å². The summed E-state index contributed by atoms with van der Waals surface area (Å²) in [5, 5.41) is 17.0. The molecule has 1 aromatic carbocycles. The molecule has 3 aromatic rings. The molecule has 2 amide bonds.